The first-order valence-electron chi connectivity index (χ1n) is 8.11. The first-order chi connectivity index (χ1) is 12.1. The Bertz CT molecular complexity index is 935. The molecule has 2 aromatic carbocycles. The molecule has 25 heavy (non-hydrogen) atoms. The predicted octanol–water partition coefficient (Wildman–Crippen LogP) is 3.49. The van der Waals surface area contributed by atoms with Crippen LogP contribution in [0.5, 0.6) is 5.75 Å². The zero-order valence-electron chi connectivity index (χ0n) is 14.6. The number of aromatic amines is 1. The van der Waals surface area contributed by atoms with Crippen LogP contribution in [0.4, 0.5) is 0 Å². The van der Waals surface area contributed by atoms with Gasteiger partial charge in [-0.2, -0.15) is 0 Å². The lowest BCUT2D eigenvalue weighted by atomic mass is 10.1. The van der Waals surface area contributed by atoms with Gasteiger partial charge in [-0.25, -0.2) is 4.68 Å². The van der Waals surface area contributed by atoms with Crippen LogP contribution in [0.2, 0.25) is 0 Å². The highest BCUT2D eigenvalue weighted by Gasteiger charge is 2.14. The van der Waals surface area contributed by atoms with E-state index in [0.717, 1.165) is 28.4 Å². The van der Waals surface area contributed by atoms with Gasteiger partial charge in [0.05, 0.1) is 24.9 Å². The Kier molecular flexibility index (Phi) is 4.84. The molecular weight excluding hydrogens is 314 g/mol. The van der Waals surface area contributed by atoms with Crippen LogP contribution in [0.15, 0.2) is 64.4 Å². The van der Waals surface area contributed by atoms with Crippen molar-refractivity contribution in [1.29, 1.82) is 0 Å². The SMILES string of the molecule is COc1ccc(-n2[nH]c(C)c(C(C)=NCc3ccccc3)c2=O)cc1. The number of ether oxygens (including phenoxy) is 1. The second kappa shape index (κ2) is 7.21. The van der Waals surface area contributed by atoms with Gasteiger partial charge in [0.2, 0.25) is 0 Å². The molecule has 0 saturated carbocycles. The highest BCUT2D eigenvalue weighted by molar-refractivity contribution is 5.99. The van der Waals surface area contributed by atoms with Crippen molar-refractivity contribution < 1.29 is 4.74 Å². The lowest BCUT2D eigenvalue weighted by Crippen LogP contribution is -2.19. The standard InChI is InChI=1S/C20H21N3O2/c1-14(21-13-16-7-5-4-6-8-16)19-15(2)22-23(20(19)24)17-9-11-18(25-3)12-10-17/h4-12,22H,13H2,1-3H3. The maximum atomic E-state index is 12.8. The molecule has 0 aliphatic rings. The maximum Gasteiger partial charge on any atom is 0.280 e. The van der Waals surface area contributed by atoms with Crippen LogP contribution < -0.4 is 10.3 Å². The fourth-order valence-corrected chi connectivity index (χ4v) is 2.76. The zero-order valence-corrected chi connectivity index (χ0v) is 14.6. The van der Waals surface area contributed by atoms with Crippen molar-refractivity contribution in [2.24, 2.45) is 4.99 Å². The van der Waals surface area contributed by atoms with Crippen molar-refractivity contribution >= 4 is 5.71 Å². The van der Waals surface area contributed by atoms with Crippen molar-refractivity contribution in [2.45, 2.75) is 20.4 Å². The Morgan fingerprint density at radius 3 is 2.44 bits per heavy atom. The van der Waals surface area contributed by atoms with E-state index >= 15 is 0 Å². The number of hydrogen-bond donors (Lipinski definition) is 1. The van der Waals surface area contributed by atoms with Crippen LogP contribution in [0.25, 0.3) is 5.69 Å². The second-order valence-corrected chi connectivity index (χ2v) is 5.84. The van der Waals surface area contributed by atoms with Gasteiger partial charge < -0.3 is 4.74 Å². The van der Waals surface area contributed by atoms with E-state index in [-0.39, 0.29) is 5.56 Å². The number of aliphatic imine (C=N–C) groups is 1. The quantitative estimate of drug-likeness (QED) is 0.726. The van der Waals surface area contributed by atoms with E-state index in [9.17, 15) is 4.79 Å². The summed E-state index contributed by atoms with van der Waals surface area (Å²) in [5, 5.41) is 3.13. The molecule has 3 aromatic rings. The minimum absolute atomic E-state index is 0.100. The summed E-state index contributed by atoms with van der Waals surface area (Å²) in [6.07, 6.45) is 0. The third kappa shape index (κ3) is 3.55. The minimum Gasteiger partial charge on any atom is -0.497 e. The molecule has 0 amide bonds. The van der Waals surface area contributed by atoms with Crippen LogP contribution in [0.1, 0.15) is 23.7 Å². The zero-order chi connectivity index (χ0) is 17.8. The van der Waals surface area contributed by atoms with Gasteiger partial charge in [-0.15, -0.1) is 0 Å². The van der Waals surface area contributed by atoms with E-state index in [1.165, 1.54) is 4.68 Å². The van der Waals surface area contributed by atoms with E-state index in [1.54, 1.807) is 7.11 Å². The summed E-state index contributed by atoms with van der Waals surface area (Å²) in [6, 6.07) is 17.3. The first-order valence-corrected chi connectivity index (χ1v) is 8.11. The molecule has 0 fully saturated rings. The summed E-state index contributed by atoms with van der Waals surface area (Å²) in [4.78, 5) is 17.4. The van der Waals surface area contributed by atoms with Crippen LogP contribution in [0, 0.1) is 6.92 Å². The molecule has 3 rings (SSSR count). The van der Waals surface area contributed by atoms with E-state index in [2.05, 4.69) is 10.1 Å². The summed E-state index contributed by atoms with van der Waals surface area (Å²) in [5.41, 5.74) is 3.93. The Hall–Kier alpha value is -3.08. The highest BCUT2D eigenvalue weighted by atomic mass is 16.5. The van der Waals surface area contributed by atoms with E-state index < -0.39 is 0 Å². The molecule has 0 atom stereocenters. The summed E-state index contributed by atoms with van der Waals surface area (Å²) in [5.74, 6) is 0.751. The number of rotatable bonds is 5. The predicted molar refractivity (Wildman–Crippen MR) is 100 cm³/mol. The molecule has 5 heteroatoms. The number of H-pyrrole nitrogens is 1. The lowest BCUT2D eigenvalue weighted by molar-refractivity contribution is 0.414. The Labute approximate surface area is 146 Å². The van der Waals surface area contributed by atoms with Gasteiger partial charge in [0.1, 0.15) is 5.75 Å². The van der Waals surface area contributed by atoms with Gasteiger partial charge in [0.25, 0.3) is 5.56 Å². The smallest absolute Gasteiger partial charge is 0.280 e. The molecule has 0 radical (unpaired) electrons. The van der Waals surface area contributed by atoms with E-state index in [0.29, 0.717) is 12.1 Å². The average molecular weight is 335 g/mol. The number of aromatic nitrogens is 2. The fourth-order valence-electron chi connectivity index (χ4n) is 2.76. The monoisotopic (exact) mass is 335 g/mol. The number of hydrogen-bond acceptors (Lipinski definition) is 3. The molecule has 1 heterocycles. The molecule has 1 N–H and O–H groups in total. The lowest BCUT2D eigenvalue weighted by Gasteiger charge is -2.03. The van der Waals surface area contributed by atoms with Gasteiger partial charge in [-0.3, -0.25) is 14.9 Å². The number of aryl methyl sites for hydroxylation is 1. The first kappa shape index (κ1) is 16.8. The fraction of sp³-hybridized carbons (Fsp3) is 0.200. The second-order valence-electron chi connectivity index (χ2n) is 5.84. The molecule has 5 nitrogen and oxygen atoms in total. The number of nitrogens with zero attached hydrogens (tertiary/aromatic N) is 2. The Morgan fingerprint density at radius 1 is 1.12 bits per heavy atom. The number of nitrogens with one attached hydrogen (secondary N) is 1. The molecule has 0 saturated heterocycles. The van der Waals surface area contributed by atoms with Gasteiger partial charge in [-0.1, -0.05) is 30.3 Å². The summed E-state index contributed by atoms with van der Waals surface area (Å²) < 4.78 is 6.69. The van der Waals surface area contributed by atoms with Crippen molar-refractivity contribution in [3.63, 3.8) is 0 Å². The number of benzene rings is 2. The molecule has 128 valence electrons. The molecule has 0 aliphatic carbocycles. The minimum atomic E-state index is -0.100. The van der Waals surface area contributed by atoms with Gasteiger partial charge >= 0.3 is 0 Å². The van der Waals surface area contributed by atoms with Gasteiger partial charge in [0.15, 0.2) is 0 Å². The molecule has 0 spiro atoms. The normalized spacial score (nSPS) is 11.6. The van der Waals surface area contributed by atoms with E-state index in [1.807, 2.05) is 68.4 Å². The molecule has 0 aliphatic heterocycles. The van der Waals surface area contributed by atoms with Crippen molar-refractivity contribution in [1.82, 2.24) is 9.78 Å². The van der Waals surface area contributed by atoms with Crippen LogP contribution in [0.3, 0.4) is 0 Å². The van der Waals surface area contributed by atoms with Crippen LogP contribution in [-0.2, 0) is 6.54 Å². The number of methoxy groups -OCH3 is 1. The maximum absolute atomic E-state index is 12.8. The Morgan fingerprint density at radius 2 is 1.80 bits per heavy atom. The molecular formula is C20H21N3O2. The summed E-state index contributed by atoms with van der Waals surface area (Å²) in [6.45, 7) is 4.32. The van der Waals surface area contributed by atoms with Crippen molar-refractivity contribution in [3.05, 3.63) is 81.8 Å². The summed E-state index contributed by atoms with van der Waals surface area (Å²) >= 11 is 0. The van der Waals surface area contributed by atoms with Gasteiger partial charge in [0, 0.05) is 11.4 Å². The molecule has 1 aromatic heterocycles. The largest absolute Gasteiger partial charge is 0.497 e. The Balaban J connectivity index is 1.92. The topological polar surface area (TPSA) is 59.4 Å². The molecule has 0 bridgehead atoms. The third-order valence-electron chi connectivity index (χ3n) is 4.11. The van der Waals surface area contributed by atoms with E-state index in [4.69, 9.17) is 4.74 Å². The van der Waals surface area contributed by atoms with Crippen LogP contribution >= 0.6 is 0 Å². The molecule has 0 unspecified atom stereocenters. The van der Waals surface area contributed by atoms with Crippen LogP contribution in [-0.4, -0.2) is 22.6 Å². The highest BCUT2D eigenvalue weighted by Crippen LogP contribution is 2.14. The summed E-state index contributed by atoms with van der Waals surface area (Å²) in [7, 11) is 1.62. The average Bonchev–Trinajstić information content (AvgIpc) is 2.95. The third-order valence-corrected chi connectivity index (χ3v) is 4.11. The van der Waals surface area contributed by atoms with Crippen molar-refractivity contribution in [3.8, 4) is 11.4 Å². The van der Waals surface area contributed by atoms with Crippen molar-refractivity contribution in [2.75, 3.05) is 7.11 Å². The van der Waals surface area contributed by atoms with Gasteiger partial charge in [-0.05, 0) is 43.7 Å².